The predicted molar refractivity (Wildman–Crippen MR) is 63.8 cm³/mol. The molecular formula is C11H21NaO4. The molecule has 5 heteroatoms. The summed E-state index contributed by atoms with van der Waals surface area (Å²) in [5.74, 6) is -2.85. The van der Waals surface area contributed by atoms with Crippen molar-refractivity contribution >= 4 is 41.5 Å². The van der Waals surface area contributed by atoms with Crippen molar-refractivity contribution in [1.82, 2.24) is 0 Å². The molecule has 0 spiro atoms. The van der Waals surface area contributed by atoms with Gasteiger partial charge in [-0.25, -0.2) is 0 Å². The first kappa shape index (κ1) is 18.3. The van der Waals surface area contributed by atoms with Crippen molar-refractivity contribution in [2.75, 3.05) is 0 Å². The Hall–Kier alpha value is -0.0600. The zero-order valence-corrected chi connectivity index (χ0v) is 9.62. The van der Waals surface area contributed by atoms with E-state index in [1.165, 1.54) is 6.92 Å². The minimum atomic E-state index is -1.66. The van der Waals surface area contributed by atoms with E-state index in [1.807, 2.05) is 0 Å². The van der Waals surface area contributed by atoms with Crippen molar-refractivity contribution in [3.05, 3.63) is 0 Å². The molecule has 2 N–H and O–H groups in total. The quantitative estimate of drug-likeness (QED) is 0.404. The SMILES string of the molecule is CCCCCC(C)C(C)(C(=O)O)C(=O)O.[NaH]. The molecule has 1 atom stereocenters. The Morgan fingerprint density at radius 1 is 1.19 bits per heavy atom. The molecule has 0 radical (unpaired) electrons. The zero-order valence-electron chi connectivity index (χ0n) is 9.62. The van der Waals surface area contributed by atoms with Crippen molar-refractivity contribution in [1.29, 1.82) is 0 Å². The number of carboxylic acid groups (broad SMARTS) is 2. The minimum absolute atomic E-state index is 0. The van der Waals surface area contributed by atoms with Crippen LogP contribution in [0.5, 0.6) is 0 Å². The number of carbonyl (C=O) groups is 2. The summed E-state index contributed by atoms with van der Waals surface area (Å²) in [5, 5.41) is 17.9. The zero-order chi connectivity index (χ0) is 12.1. The van der Waals surface area contributed by atoms with E-state index in [0.29, 0.717) is 6.42 Å². The first-order valence-electron chi connectivity index (χ1n) is 5.34. The molecule has 0 amide bonds. The summed E-state index contributed by atoms with van der Waals surface area (Å²) >= 11 is 0. The summed E-state index contributed by atoms with van der Waals surface area (Å²) in [6.45, 7) is 5.03. The molecule has 0 aliphatic rings. The second-order valence-electron chi connectivity index (χ2n) is 4.21. The van der Waals surface area contributed by atoms with Crippen molar-refractivity contribution < 1.29 is 19.8 Å². The van der Waals surface area contributed by atoms with Crippen LogP contribution in [-0.2, 0) is 9.59 Å². The molecule has 4 nitrogen and oxygen atoms in total. The third kappa shape index (κ3) is 4.44. The van der Waals surface area contributed by atoms with E-state index in [2.05, 4.69) is 6.92 Å². The third-order valence-corrected chi connectivity index (χ3v) is 3.11. The fourth-order valence-electron chi connectivity index (χ4n) is 1.50. The van der Waals surface area contributed by atoms with Crippen LogP contribution in [0.4, 0.5) is 0 Å². The fourth-order valence-corrected chi connectivity index (χ4v) is 1.50. The number of rotatable bonds is 7. The van der Waals surface area contributed by atoms with Crippen LogP contribution in [-0.4, -0.2) is 51.7 Å². The van der Waals surface area contributed by atoms with Gasteiger partial charge in [-0.3, -0.25) is 9.59 Å². The monoisotopic (exact) mass is 240 g/mol. The van der Waals surface area contributed by atoms with E-state index in [-0.39, 0.29) is 35.5 Å². The van der Waals surface area contributed by atoms with Crippen LogP contribution in [0.25, 0.3) is 0 Å². The van der Waals surface area contributed by atoms with Crippen LogP contribution in [0.1, 0.15) is 46.5 Å². The van der Waals surface area contributed by atoms with Gasteiger partial charge in [0, 0.05) is 0 Å². The average molecular weight is 240 g/mol. The van der Waals surface area contributed by atoms with Gasteiger partial charge in [-0.05, 0) is 19.3 Å². The number of hydrogen-bond acceptors (Lipinski definition) is 2. The molecule has 0 saturated carbocycles. The molecule has 0 bridgehead atoms. The molecule has 0 aromatic rings. The molecule has 1 unspecified atom stereocenters. The molecular weight excluding hydrogens is 219 g/mol. The van der Waals surface area contributed by atoms with Gasteiger partial charge in [-0.2, -0.15) is 0 Å². The van der Waals surface area contributed by atoms with Gasteiger partial charge < -0.3 is 10.2 Å². The molecule has 0 fully saturated rings. The maximum absolute atomic E-state index is 11.0. The Morgan fingerprint density at radius 3 is 1.94 bits per heavy atom. The van der Waals surface area contributed by atoms with Gasteiger partial charge >= 0.3 is 41.5 Å². The van der Waals surface area contributed by atoms with Crippen molar-refractivity contribution in [3.8, 4) is 0 Å². The average Bonchev–Trinajstić information content (AvgIpc) is 2.15. The number of aliphatic carboxylic acids is 2. The standard InChI is InChI=1S/C11H20O4.Na.H/c1-4-5-6-7-8(2)11(3,9(12)13)10(14)15;;/h8H,4-7H2,1-3H3,(H,12,13)(H,14,15);;. The van der Waals surface area contributed by atoms with E-state index < -0.39 is 17.4 Å². The van der Waals surface area contributed by atoms with Gasteiger partial charge in [0.1, 0.15) is 0 Å². The van der Waals surface area contributed by atoms with Crippen molar-refractivity contribution in [3.63, 3.8) is 0 Å². The Labute approximate surface area is 119 Å². The summed E-state index contributed by atoms with van der Waals surface area (Å²) in [7, 11) is 0. The topological polar surface area (TPSA) is 74.6 Å². The first-order valence-corrected chi connectivity index (χ1v) is 5.34. The second kappa shape index (κ2) is 8.09. The molecule has 0 saturated heterocycles. The van der Waals surface area contributed by atoms with Gasteiger partial charge in [0.15, 0.2) is 5.41 Å². The Kier molecular flexibility index (Phi) is 9.26. The molecule has 0 heterocycles. The summed E-state index contributed by atoms with van der Waals surface area (Å²) in [6, 6.07) is 0. The van der Waals surface area contributed by atoms with Crippen molar-refractivity contribution in [2.45, 2.75) is 46.5 Å². The first-order chi connectivity index (χ1) is 6.87. The molecule has 0 aromatic heterocycles. The summed E-state index contributed by atoms with van der Waals surface area (Å²) in [4.78, 5) is 21.9. The summed E-state index contributed by atoms with van der Waals surface area (Å²) < 4.78 is 0. The van der Waals surface area contributed by atoms with Crippen LogP contribution in [0.15, 0.2) is 0 Å². The Balaban J connectivity index is 0. The number of carboxylic acids is 2. The van der Waals surface area contributed by atoms with Crippen molar-refractivity contribution in [2.24, 2.45) is 11.3 Å². The molecule has 90 valence electrons. The van der Waals surface area contributed by atoms with Crippen LogP contribution in [0.2, 0.25) is 0 Å². The maximum atomic E-state index is 11.0. The van der Waals surface area contributed by atoms with E-state index in [1.54, 1.807) is 6.92 Å². The van der Waals surface area contributed by atoms with Gasteiger partial charge in [0.05, 0.1) is 0 Å². The normalized spacial score (nSPS) is 12.7. The molecule has 0 rings (SSSR count). The van der Waals surface area contributed by atoms with E-state index in [4.69, 9.17) is 10.2 Å². The molecule has 0 aliphatic carbocycles. The van der Waals surface area contributed by atoms with Gasteiger partial charge in [-0.1, -0.05) is 33.1 Å². The molecule has 0 aromatic carbocycles. The Morgan fingerprint density at radius 2 is 1.62 bits per heavy atom. The van der Waals surface area contributed by atoms with Crippen LogP contribution in [0.3, 0.4) is 0 Å². The third-order valence-electron chi connectivity index (χ3n) is 3.11. The fraction of sp³-hybridized carbons (Fsp3) is 0.818. The van der Waals surface area contributed by atoms with Gasteiger partial charge in [0.2, 0.25) is 0 Å². The van der Waals surface area contributed by atoms with Gasteiger partial charge in [-0.15, -0.1) is 0 Å². The molecule has 16 heavy (non-hydrogen) atoms. The molecule has 0 aliphatic heterocycles. The second-order valence-corrected chi connectivity index (χ2v) is 4.21. The van der Waals surface area contributed by atoms with E-state index >= 15 is 0 Å². The summed E-state index contributed by atoms with van der Waals surface area (Å²) in [5.41, 5.74) is -1.66. The Bertz CT molecular complexity index is 226. The number of hydrogen-bond donors (Lipinski definition) is 2. The van der Waals surface area contributed by atoms with Crippen LogP contribution in [0, 0.1) is 11.3 Å². The number of unbranched alkanes of at least 4 members (excludes halogenated alkanes) is 2. The van der Waals surface area contributed by atoms with Crippen LogP contribution < -0.4 is 0 Å². The van der Waals surface area contributed by atoms with E-state index in [9.17, 15) is 9.59 Å². The van der Waals surface area contributed by atoms with E-state index in [0.717, 1.165) is 19.3 Å². The predicted octanol–water partition coefficient (Wildman–Crippen LogP) is 1.73. The van der Waals surface area contributed by atoms with Crippen LogP contribution >= 0.6 is 0 Å². The van der Waals surface area contributed by atoms with Gasteiger partial charge in [0.25, 0.3) is 0 Å². The summed E-state index contributed by atoms with van der Waals surface area (Å²) in [6.07, 6.45) is 3.58.